The van der Waals surface area contributed by atoms with Gasteiger partial charge in [-0.2, -0.15) is 0 Å². The third-order valence-corrected chi connectivity index (χ3v) is 4.80. The van der Waals surface area contributed by atoms with Gasteiger partial charge in [0.15, 0.2) is 0 Å². The highest BCUT2D eigenvalue weighted by Gasteiger charge is 2.15. The molecule has 0 aliphatic carbocycles. The summed E-state index contributed by atoms with van der Waals surface area (Å²) in [5.41, 5.74) is 7.97. The second-order valence-electron chi connectivity index (χ2n) is 6.61. The summed E-state index contributed by atoms with van der Waals surface area (Å²) in [4.78, 5) is 0. The van der Waals surface area contributed by atoms with Crippen LogP contribution >= 0.6 is 0 Å². The molecule has 4 aromatic carbocycles. The molecule has 0 amide bonds. The van der Waals surface area contributed by atoms with Gasteiger partial charge in [0.2, 0.25) is 0 Å². The summed E-state index contributed by atoms with van der Waals surface area (Å²) >= 11 is 0. The first-order valence-electron chi connectivity index (χ1n) is 9.38. The van der Waals surface area contributed by atoms with Crippen LogP contribution < -0.4 is 0 Å². The third kappa shape index (κ3) is 3.70. The lowest BCUT2D eigenvalue weighted by molar-refractivity contribution is 1.49. The van der Waals surface area contributed by atoms with Crippen LogP contribution in [0.1, 0.15) is 27.8 Å². The zero-order valence-corrected chi connectivity index (χ0v) is 15.5. The van der Waals surface area contributed by atoms with Crippen molar-refractivity contribution in [1.82, 2.24) is 0 Å². The summed E-state index contributed by atoms with van der Waals surface area (Å²) in [6.07, 6.45) is 1.38. The van der Waals surface area contributed by atoms with Gasteiger partial charge in [-0.1, -0.05) is 115 Å². The van der Waals surface area contributed by atoms with Gasteiger partial charge in [-0.25, -0.2) is 0 Å². The molecule has 28 heavy (non-hydrogen) atoms. The summed E-state index contributed by atoms with van der Waals surface area (Å²) in [5, 5.41) is 7.50. The molecule has 4 aromatic rings. The van der Waals surface area contributed by atoms with Crippen LogP contribution in [0.5, 0.6) is 0 Å². The molecule has 134 valence electrons. The van der Waals surface area contributed by atoms with E-state index in [2.05, 4.69) is 84.9 Å². The van der Waals surface area contributed by atoms with Crippen molar-refractivity contribution in [3.05, 3.63) is 143 Å². The summed E-state index contributed by atoms with van der Waals surface area (Å²) in [7, 11) is 0. The van der Waals surface area contributed by atoms with Crippen molar-refractivity contribution in [3.8, 4) is 0 Å². The number of rotatable bonds is 5. The molecule has 0 saturated heterocycles. The SMILES string of the molecule is N=Cc1ccc(C(=C(c2ccccc2)c2ccccc2)c2ccccc2)cc1. The predicted molar refractivity (Wildman–Crippen MR) is 119 cm³/mol. The minimum Gasteiger partial charge on any atom is -0.308 e. The zero-order chi connectivity index (χ0) is 19.2. The lowest BCUT2D eigenvalue weighted by Gasteiger charge is -2.18. The standard InChI is InChI=1S/C27H21N/c28-20-21-16-18-25(19-17-21)27(24-14-8-3-9-15-24)26(22-10-4-1-5-11-22)23-12-6-2-7-13-23/h1-20,28H. The van der Waals surface area contributed by atoms with Crippen LogP contribution in [0, 0.1) is 5.41 Å². The molecule has 0 unspecified atom stereocenters. The first-order chi connectivity index (χ1) is 13.9. The summed E-state index contributed by atoms with van der Waals surface area (Å²) in [5.74, 6) is 0. The second kappa shape index (κ2) is 8.32. The van der Waals surface area contributed by atoms with Gasteiger partial charge >= 0.3 is 0 Å². The fourth-order valence-electron chi connectivity index (χ4n) is 3.47. The molecule has 0 bridgehead atoms. The van der Waals surface area contributed by atoms with Crippen LogP contribution in [0.3, 0.4) is 0 Å². The first-order valence-corrected chi connectivity index (χ1v) is 9.38. The molecular formula is C27H21N. The number of nitrogens with one attached hydrogen (secondary N) is 1. The Hall–Kier alpha value is -3.71. The van der Waals surface area contributed by atoms with E-state index in [-0.39, 0.29) is 0 Å². The molecule has 0 saturated carbocycles. The number of benzene rings is 4. The van der Waals surface area contributed by atoms with E-state index in [9.17, 15) is 0 Å². The average Bonchev–Trinajstić information content (AvgIpc) is 2.79. The topological polar surface area (TPSA) is 23.9 Å². The van der Waals surface area contributed by atoms with Crippen LogP contribution in [0.15, 0.2) is 115 Å². The average molecular weight is 359 g/mol. The van der Waals surface area contributed by atoms with Crippen molar-refractivity contribution in [3.63, 3.8) is 0 Å². The van der Waals surface area contributed by atoms with Gasteiger partial charge in [-0.3, -0.25) is 0 Å². The Kier molecular flexibility index (Phi) is 5.26. The van der Waals surface area contributed by atoms with Gasteiger partial charge in [0.05, 0.1) is 0 Å². The van der Waals surface area contributed by atoms with Crippen LogP contribution in [-0.4, -0.2) is 6.21 Å². The van der Waals surface area contributed by atoms with Gasteiger partial charge in [0.1, 0.15) is 0 Å². The lowest BCUT2D eigenvalue weighted by atomic mass is 9.85. The molecule has 0 aliphatic rings. The molecule has 0 heterocycles. The normalized spacial score (nSPS) is 10.3. The summed E-state index contributed by atoms with van der Waals surface area (Å²) in [6.45, 7) is 0. The molecule has 1 N–H and O–H groups in total. The minimum atomic E-state index is 0.900. The van der Waals surface area contributed by atoms with E-state index in [0.717, 1.165) is 11.1 Å². The van der Waals surface area contributed by atoms with E-state index in [4.69, 9.17) is 5.41 Å². The van der Waals surface area contributed by atoms with E-state index in [0.29, 0.717) is 0 Å². The fraction of sp³-hybridized carbons (Fsp3) is 0. The van der Waals surface area contributed by atoms with Crippen LogP contribution in [0.25, 0.3) is 11.1 Å². The van der Waals surface area contributed by atoms with Crippen molar-refractivity contribution < 1.29 is 0 Å². The largest absolute Gasteiger partial charge is 0.308 e. The van der Waals surface area contributed by atoms with Crippen LogP contribution in [-0.2, 0) is 0 Å². The Morgan fingerprint density at radius 2 is 0.750 bits per heavy atom. The highest BCUT2D eigenvalue weighted by atomic mass is 14.3. The Morgan fingerprint density at radius 1 is 0.429 bits per heavy atom. The molecule has 0 spiro atoms. The summed E-state index contributed by atoms with van der Waals surface area (Å²) in [6, 6.07) is 39.8. The van der Waals surface area contributed by atoms with E-state index in [1.807, 2.05) is 30.3 Å². The maximum Gasteiger partial charge on any atom is 0.0250 e. The molecule has 4 rings (SSSR count). The van der Waals surface area contributed by atoms with Crippen LogP contribution in [0.2, 0.25) is 0 Å². The first kappa shape index (κ1) is 17.7. The summed E-state index contributed by atoms with van der Waals surface area (Å²) < 4.78 is 0. The second-order valence-corrected chi connectivity index (χ2v) is 6.61. The van der Waals surface area contributed by atoms with Crippen molar-refractivity contribution in [2.75, 3.05) is 0 Å². The molecule has 0 radical (unpaired) electrons. The maximum absolute atomic E-state index is 7.50. The van der Waals surface area contributed by atoms with Crippen molar-refractivity contribution in [2.24, 2.45) is 0 Å². The number of hydrogen-bond donors (Lipinski definition) is 1. The molecule has 0 aromatic heterocycles. The van der Waals surface area contributed by atoms with E-state index in [1.165, 1.54) is 34.1 Å². The molecule has 1 heteroatoms. The van der Waals surface area contributed by atoms with Crippen LogP contribution in [0.4, 0.5) is 0 Å². The third-order valence-electron chi connectivity index (χ3n) is 4.80. The van der Waals surface area contributed by atoms with Crippen molar-refractivity contribution in [1.29, 1.82) is 5.41 Å². The molecule has 0 fully saturated rings. The van der Waals surface area contributed by atoms with E-state index in [1.54, 1.807) is 0 Å². The van der Waals surface area contributed by atoms with Gasteiger partial charge in [0.25, 0.3) is 0 Å². The maximum atomic E-state index is 7.50. The van der Waals surface area contributed by atoms with E-state index >= 15 is 0 Å². The highest BCUT2D eigenvalue weighted by Crippen LogP contribution is 2.36. The van der Waals surface area contributed by atoms with Gasteiger partial charge in [-0.05, 0) is 39.0 Å². The minimum absolute atomic E-state index is 0.900. The Labute approximate surface area is 166 Å². The Morgan fingerprint density at radius 3 is 1.07 bits per heavy atom. The zero-order valence-electron chi connectivity index (χ0n) is 15.5. The smallest absolute Gasteiger partial charge is 0.0250 e. The predicted octanol–water partition coefficient (Wildman–Crippen LogP) is 6.69. The highest BCUT2D eigenvalue weighted by molar-refractivity contribution is 6.04. The van der Waals surface area contributed by atoms with E-state index < -0.39 is 0 Å². The van der Waals surface area contributed by atoms with Crippen molar-refractivity contribution >= 4 is 17.4 Å². The molecule has 1 nitrogen and oxygen atoms in total. The quantitative estimate of drug-likeness (QED) is 0.303. The number of hydrogen-bond acceptors (Lipinski definition) is 1. The Bertz CT molecular complexity index is 1040. The van der Waals surface area contributed by atoms with Gasteiger partial charge in [-0.15, -0.1) is 0 Å². The lowest BCUT2D eigenvalue weighted by Crippen LogP contribution is -1.97. The molecule has 0 atom stereocenters. The van der Waals surface area contributed by atoms with Crippen molar-refractivity contribution in [2.45, 2.75) is 0 Å². The fourth-order valence-corrected chi connectivity index (χ4v) is 3.47. The Balaban J connectivity index is 2.07. The van der Waals surface area contributed by atoms with Gasteiger partial charge < -0.3 is 5.41 Å². The van der Waals surface area contributed by atoms with Gasteiger partial charge in [0, 0.05) is 6.21 Å². The molecule has 0 aliphatic heterocycles. The molecular weight excluding hydrogens is 338 g/mol. The monoisotopic (exact) mass is 359 g/mol.